The Morgan fingerprint density at radius 3 is 2.44 bits per heavy atom. The summed E-state index contributed by atoms with van der Waals surface area (Å²) in [5.41, 5.74) is 0.730. The largest absolute Gasteiger partial charge is 0.295 e. The first-order valence-electron chi connectivity index (χ1n) is 4.44. The lowest BCUT2D eigenvalue weighted by atomic mass is 9.97. The second kappa shape index (κ2) is 4.50. The predicted molar refractivity (Wildman–Crippen MR) is 69.7 cm³/mol. The second-order valence-electron chi connectivity index (χ2n) is 3.40. The molecular formula is C10H6Cl2INO2. The summed E-state index contributed by atoms with van der Waals surface area (Å²) in [4.78, 5) is 22.8. The van der Waals surface area contributed by atoms with Gasteiger partial charge in [0.1, 0.15) is 5.38 Å². The summed E-state index contributed by atoms with van der Waals surface area (Å²) in [7, 11) is 0. The summed E-state index contributed by atoms with van der Waals surface area (Å²) >= 11 is 13.8. The van der Waals surface area contributed by atoms with Crippen LogP contribution in [0.25, 0.3) is 0 Å². The smallest absolute Gasteiger partial charge is 0.245 e. The van der Waals surface area contributed by atoms with Crippen molar-refractivity contribution in [2.75, 3.05) is 0 Å². The molecule has 2 amide bonds. The summed E-state index contributed by atoms with van der Waals surface area (Å²) in [6, 6.07) is 5.14. The Balaban J connectivity index is 2.44. The van der Waals surface area contributed by atoms with Crippen molar-refractivity contribution in [3.8, 4) is 0 Å². The van der Waals surface area contributed by atoms with Gasteiger partial charge in [0, 0.05) is 8.59 Å². The van der Waals surface area contributed by atoms with E-state index in [0.29, 0.717) is 5.02 Å². The van der Waals surface area contributed by atoms with E-state index in [4.69, 9.17) is 23.2 Å². The van der Waals surface area contributed by atoms with Gasteiger partial charge in [-0.05, 0) is 40.3 Å². The molecule has 3 nitrogen and oxygen atoms in total. The van der Waals surface area contributed by atoms with Crippen LogP contribution >= 0.6 is 45.8 Å². The fraction of sp³-hybridized carbons (Fsp3) is 0.200. The zero-order valence-corrected chi connectivity index (χ0v) is 11.5. The molecule has 1 fully saturated rings. The molecule has 2 rings (SSSR count). The molecule has 1 N–H and O–H groups in total. The molecule has 1 aromatic carbocycles. The van der Waals surface area contributed by atoms with Crippen LogP contribution in [0, 0.1) is 3.57 Å². The first-order valence-corrected chi connectivity index (χ1v) is 6.33. The molecule has 0 saturated carbocycles. The minimum atomic E-state index is -0.845. The van der Waals surface area contributed by atoms with Crippen LogP contribution in [-0.4, -0.2) is 17.2 Å². The number of carbonyl (C=O) groups is 2. The van der Waals surface area contributed by atoms with Crippen LogP contribution in [0.3, 0.4) is 0 Å². The monoisotopic (exact) mass is 369 g/mol. The van der Waals surface area contributed by atoms with Crippen molar-refractivity contribution in [2.45, 2.75) is 11.3 Å². The van der Waals surface area contributed by atoms with E-state index >= 15 is 0 Å². The highest BCUT2D eigenvalue weighted by atomic mass is 127. The first kappa shape index (κ1) is 12.1. The summed E-state index contributed by atoms with van der Waals surface area (Å²) in [6.45, 7) is 0. The summed E-state index contributed by atoms with van der Waals surface area (Å²) < 4.78 is 0.825. The van der Waals surface area contributed by atoms with Crippen molar-refractivity contribution in [3.05, 3.63) is 32.4 Å². The number of rotatable bonds is 1. The highest BCUT2D eigenvalue weighted by Crippen LogP contribution is 2.32. The van der Waals surface area contributed by atoms with Crippen molar-refractivity contribution < 1.29 is 9.59 Å². The maximum atomic E-state index is 11.6. The van der Waals surface area contributed by atoms with E-state index in [9.17, 15) is 9.59 Å². The molecule has 1 aromatic rings. The number of hydrogen-bond donors (Lipinski definition) is 1. The third-order valence-electron chi connectivity index (χ3n) is 2.37. The minimum absolute atomic E-state index is 0.356. The Labute approximate surface area is 116 Å². The van der Waals surface area contributed by atoms with Gasteiger partial charge >= 0.3 is 0 Å². The molecule has 0 aromatic heterocycles. The quantitative estimate of drug-likeness (QED) is 0.469. The number of amides is 2. The molecule has 0 aliphatic carbocycles. The first-order chi connectivity index (χ1) is 7.50. The molecule has 2 unspecified atom stereocenters. The summed E-state index contributed by atoms with van der Waals surface area (Å²) in [5.74, 6) is -1.43. The van der Waals surface area contributed by atoms with Crippen LogP contribution in [0.1, 0.15) is 11.5 Å². The average Bonchev–Trinajstić information content (AvgIpc) is 2.43. The van der Waals surface area contributed by atoms with Crippen LogP contribution in [0.4, 0.5) is 0 Å². The van der Waals surface area contributed by atoms with E-state index in [1.165, 1.54) is 0 Å². The van der Waals surface area contributed by atoms with Crippen LogP contribution in [-0.2, 0) is 9.59 Å². The third kappa shape index (κ3) is 2.06. The number of nitrogens with one attached hydrogen (secondary N) is 1. The van der Waals surface area contributed by atoms with Gasteiger partial charge in [-0.15, -0.1) is 11.6 Å². The Morgan fingerprint density at radius 2 is 1.94 bits per heavy atom. The highest BCUT2D eigenvalue weighted by Gasteiger charge is 2.42. The number of hydrogen-bond acceptors (Lipinski definition) is 2. The van der Waals surface area contributed by atoms with Gasteiger partial charge in [-0.1, -0.05) is 17.7 Å². The van der Waals surface area contributed by atoms with Gasteiger partial charge in [-0.2, -0.15) is 0 Å². The van der Waals surface area contributed by atoms with Crippen LogP contribution in [0.2, 0.25) is 5.02 Å². The molecule has 1 aliphatic rings. The van der Waals surface area contributed by atoms with Crippen molar-refractivity contribution in [1.82, 2.24) is 5.32 Å². The minimum Gasteiger partial charge on any atom is -0.295 e. The fourth-order valence-electron chi connectivity index (χ4n) is 1.61. The lowest BCUT2D eigenvalue weighted by molar-refractivity contribution is -0.125. The Kier molecular flexibility index (Phi) is 3.42. The molecule has 0 bridgehead atoms. The van der Waals surface area contributed by atoms with Gasteiger partial charge in [0.25, 0.3) is 0 Å². The van der Waals surface area contributed by atoms with E-state index in [-0.39, 0.29) is 5.91 Å². The highest BCUT2D eigenvalue weighted by molar-refractivity contribution is 14.1. The predicted octanol–water partition coefficient (Wildman–Crippen LogP) is 2.29. The standard InChI is InChI=1S/C10H6Cl2INO2/c11-4-1-2-5(6(13)3-4)7-8(12)10(16)14-9(7)15/h1-3,7-8H,(H,14,15,16). The lowest BCUT2D eigenvalue weighted by Crippen LogP contribution is -2.22. The molecule has 16 heavy (non-hydrogen) atoms. The lowest BCUT2D eigenvalue weighted by Gasteiger charge is -2.12. The zero-order valence-electron chi connectivity index (χ0n) is 7.84. The molecule has 6 heteroatoms. The number of imide groups is 1. The van der Waals surface area contributed by atoms with E-state index in [1.807, 2.05) is 0 Å². The fourth-order valence-corrected chi connectivity index (χ4v) is 3.12. The maximum absolute atomic E-state index is 11.6. The molecular weight excluding hydrogens is 364 g/mol. The van der Waals surface area contributed by atoms with E-state index in [0.717, 1.165) is 9.13 Å². The van der Waals surface area contributed by atoms with Crippen molar-refractivity contribution in [1.29, 1.82) is 0 Å². The van der Waals surface area contributed by atoms with Gasteiger partial charge in [-0.3, -0.25) is 14.9 Å². The SMILES string of the molecule is O=C1NC(=O)C(c2ccc(Cl)cc2I)C1Cl. The number of carbonyl (C=O) groups excluding carboxylic acids is 2. The summed E-state index contributed by atoms with van der Waals surface area (Å²) in [5, 5.41) is 1.95. The van der Waals surface area contributed by atoms with Crippen LogP contribution in [0.15, 0.2) is 18.2 Å². The Hall–Kier alpha value is -0.330. The normalized spacial score (nSPS) is 24.7. The maximum Gasteiger partial charge on any atom is 0.245 e. The molecule has 1 saturated heterocycles. The van der Waals surface area contributed by atoms with Gasteiger partial charge in [-0.25, -0.2) is 0 Å². The number of halogens is 3. The van der Waals surface area contributed by atoms with Crippen molar-refractivity contribution >= 4 is 57.6 Å². The number of alkyl halides is 1. The van der Waals surface area contributed by atoms with E-state index in [2.05, 4.69) is 27.9 Å². The van der Waals surface area contributed by atoms with Gasteiger partial charge in [0.2, 0.25) is 11.8 Å². The molecule has 0 radical (unpaired) electrons. The van der Waals surface area contributed by atoms with E-state index < -0.39 is 17.2 Å². The van der Waals surface area contributed by atoms with Gasteiger partial charge in [0.05, 0.1) is 5.92 Å². The Bertz CT molecular complexity index is 478. The van der Waals surface area contributed by atoms with Crippen LogP contribution < -0.4 is 5.32 Å². The average molecular weight is 370 g/mol. The molecule has 2 atom stereocenters. The second-order valence-corrected chi connectivity index (χ2v) is 5.47. The van der Waals surface area contributed by atoms with Crippen LogP contribution in [0.5, 0.6) is 0 Å². The Morgan fingerprint density at radius 1 is 1.25 bits per heavy atom. The summed E-state index contributed by atoms with van der Waals surface area (Å²) in [6.07, 6.45) is 0. The molecule has 0 spiro atoms. The number of benzene rings is 1. The molecule has 1 heterocycles. The molecule has 84 valence electrons. The third-order valence-corrected chi connectivity index (χ3v) is 3.99. The topological polar surface area (TPSA) is 46.2 Å². The van der Waals surface area contributed by atoms with Crippen molar-refractivity contribution in [3.63, 3.8) is 0 Å². The zero-order chi connectivity index (χ0) is 11.9. The van der Waals surface area contributed by atoms with E-state index in [1.54, 1.807) is 18.2 Å². The van der Waals surface area contributed by atoms with Gasteiger partial charge in [0.15, 0.2) is 0 Å². The molecule has 1 aliphatic heterocycles. The van der Waals surface area contributed by atoms with Crippen molar-refractivity contribution in [2.24, 2.45) is 0 Å². The van der Waals surface area contributed by atoms with Gasteiger partial charge < -0.3 is 0 Å².